The molecule has 0 aliphatic heterocycles. The lowest BCUT2D eigenvalue weighted by Gasteiger charge is -1.88. The minimum absolute atomic E-state index is 0.0266. The van der Waals surface area contributed by atoms with Crippen molar-refractivity contribution in [3.05, 3.63) is 0 Å². The molecule has 6 nitrogen and oxygen atoms in total. The number of rotatable bonds is 2. The van der Waals surface area contributed by atoms with Crippen LogP contribution < -0.4 is 5.72 Å². The van der Waals surface area contributed by atoms with Crippen LogP contribution in [0.4, 0.5) is 0 Å². The average Bonchev–Trinajstić information content (AvgIpc) is 2.13. The fraction of sp³-hybridized carbons (Fsp3) is 0.333. The van der Waals surface area contributed by atoms with Gasteiger partial charge in [-0.25, -0.2) is 0 Å². The Morgan fingerprint density at radius 1 is 1.80 bits per heavy atom. The predicted octanol–water partition coefficient (Wildman–Crippen LogP) is -2.45. The van der Waals surface area contributed by atoms with Crippen molar-refractivity contribution in [2.24, 2.45) is 0 Å². The molecule has 0 aromatic carbocycles. The number of carboxylic acids is 1. The van der Waals surface area contributed by atoms with E-state index in [1.165, 1.54) is 0 Å². The van der Waals surface area contributed by atoms with Crippen LogP contribution in [0.5, 0.6) is 0 Å². The van der Waals surface area contributed by atoms with Crippen LogP contribution in [-0.4, -0.2) is 39.1 Å². The largest absolute Gasteiger partial charge is 0.480 e. The van der Waals surface area contributed by atoms with Crippen LogP contribution in [0.2, 0.25) is 0 Å². The molecule has 7 heteroatoms. The zero-order valence-electron chi connectivity index (χ0n) is 4.93. The van der Waals surface area contributed by atoms with Gasteiger partial charge in [-0.2, -0.15) is 4.80 Å². The Labute approximate surface area is 57.3 Å². The first-order chi connectivity index (χ1) is 4.68. The highest BCUT2D eigenvalue weighted by atomic mass is 16.4. The first-order valence-electron chi connectivity index (χ1n) is 2.43. The fourth-order valence-corrected chi connectivity index (χ4v) is 0.444. The molecule has 10 heavy (non-hydrogen) atoms. The van der Waals surface area contributed by atoms with Gasteiger partial charge in [0.1, 0.15) is 5.72 Å². The van der Waals surface area contributed by atoms with Gasteiger partial charge >= 0.3 is 5.97 Å². The van der Waals surface area contributed by atoms with Gasteiger partial charge in [-0.1, -0.05) is 0 Å². The minimum atomic E-state index is -1.03. The van der Waals surface area contributed by atoms with E-state index in [-0.39, 0.29) is 12.3 Å². The van der Waals surface area contributed by atoms with E-state index in [0.717, 1.165) is 4.80 Å². The third kappa shape index (κ3) is 1.54. The number of carboxylic acid groups (broad SMARTS) is 1. The molecule has 0 aliphatic rings. The number of carbonyl (C=O) groups is 1. The van der Waals surface area contributed by atoms with Gasteiger partial charge in [-0.3, -0.25) is 4.79 Å². The summed E-state index contributed by atoms with van der Waals surface area (Å²) in [6.07, 6.45) is 0. The summed E-state index contributed by atoms with van der Waals surface area (Å²) >= 11 is 0. The molecule has 0 amide bonds. The molecule has 0 atom stereocenters. The highest BCUT2D eigenvalue weighted by molar-refractivity contribution is 6.28. The van der Waals surface area contributed by atoms with E-state index in [9.17, 15) is 4.79 Å². The minimum Gasteiger partial charge on any atom is -0.480 e. The molecule has 0 saturated heterocycles. The topological polar surface area (TPSA) is 80.9 Å². The van der Waals surface area contributed by atoms with Gasteiger partial charge in [0.05, 0.1) is 0 Å². The molecule has 0 bridgehead atoms. The van der Waals surface area contributed by atoms with Gasteiger partial charge in [0.15, 0.2) is 14.4 Å². The van der Waals surface area contributed by atoms with E-state index in [2.05, 4.69) is 15.4 Å². The molecule has 50 valence electrons. The Morgan fingerprint density at radius 3 is 2.90 bits per heavy atom. The maximum Gasteiger partial charge on any atom is 0.327 e. The summed E-state index contributed by atoms with van der Waals surface area (Å²) in [7, 11) is 5.06. The van der Waals surface area contributed by atoms with Gasteiger partial charge in [0.25, 0.3) is 0 Å². The molecule has 1 N–H and O–H groups in total. The highest BCUT2D eigenvalue weighted by Gasteiger charge is 2.00. The normalized spacial score (nSPS) is 9.60. The smallest absolute Gasteiger partial charge is 0.327 e. The van der Waals surface area contributed by atoms with Crippen LogP contribution in [0.25, 0.3) is 0 Å². The Kier molecular flexibility index (Phi) is 1.66. The van der Waals surface area contributed by atoms with E-state index in [4.69, 9.17) is 13.0 Å². The highest BCUT2D eigenvalue weighted by Crippen LogP contribution is 1.71. The van der Waals surface area contributed by atoms with Gasteiger partial charge in [-0.05, 0) is 5.21 Å². The lowest BCUT2D eigenvalue weighted by molar-refractivity contribution is -0.138. The summed E-state index contributed by atoms with van der Waals surface area (Å²) in [5.41, 5.74) is -0.0266. The molecular formula is C3H3BN4O2. The number of tetrazole rings is 1. The monoisotopic (exact) mass is 138 g/mol. The molecule has 1 heterocycles. The predicted molar refractivity (Wildman–Crippen MR) is 30.8 cm³/mol. The lowest BCUT2D eigenvalue weighted by Crippen LogP contribution is -2.14. The SMILES string of the molecule is [B]c1nnn(CC(=O)O)n1. The van der Waals surface area contributed by atoms with Crippen LogP contribution in [0, 0.1) is 0 Å². The summed E-state index contributed by atoms with van der Waals surface area (Å²) in [6.45, 7) is -0.315. The van der Waals surface area contributed by atoms with Crippen molar-refractivity contribution in [1.82, 2.24) is 20.2 Å². The number of nitrogens with zero attached hydrogens (tertiary/aromatic N) is 4. The van der Waals surface area contributed by atoms with Crippen LogP contribution in [-0.2, 0) is 11.3 Å². The summed E-state index contributed by atoms with van der Waals surface area (Å²) in [5, 5.41) is 18.2. The molecule has 1 aromatic rings. The Morgan fingerprint density at radius 2 is 2.50 bits per heavy atom. The molecule has 0 spiro atoms. The maximum atomic E-state index is 10.0. The van der Waals surface area contributed by atoms with Crippen LogP contribution in [0.15, 0.2) is 0 Å². The second-order valence-corrected chi connectivity index (χ2v) is 1.57. The molecule has 2 radical (unpaired) electrons. The zero-order chi connectivity index (χ0) is 7.56. The molecule has 0 fully saturated rings. The van der Waals surface area contributed by atoms with E-state index in [1.807, 2.05) is 0 Å². The average molecular weight is 138 g/mol. The Bertz CT molecular complexity index is 246. The maximum absolute atomic E-state index is 10.0. The fourth-order valence-electron chi connectivity index (χ4n) is 0.444. The van der Waals surface area contributed by atoms with Crippen molar-refractivity contribution in [1.29, 1.82) is 0 Å². The summed E-state index contributed by atoms with van der Waals surface area (Å²) in [5.74, 6) is -1.03. The van der Waals surface area contributed by atoms with Gasteiger partial charge in [-0.15, -0.1) is 10.2 Å². The van der Waals surface area contributed by atoms with Gasteiger partial charge in [0, 0.05) is 0 Å². The van der Waals surface area contributed by atoms with Gasteiger partial charge < -0.3 is 5.11 Å². The second-order valence-electron chi connectivity index (χ2n) is 1.57. The lowest BCUT2D eigenvalue weighted by atomic mass is 10.1. The van der Waals surface area contributed by atoms with Crippen LogP contribution in [0.3, 0.4) is 0 Å². The zero-order valence-corrected chi connectivity index (χ0v) is 4.93. The van der Waals surface area contributed by atoms with E-state index in [0.29, 0.717) is 0 Å². The van der Waals surface area contributed by atoms with Crippen molar-refractivity contribution < 1.29 is 9.90 Å². The van der Waals surface area contributed by atoms with Crippen molar-refractivity contribution in [2.45, 2.75) is 6.54 Å². The van der Waals surface area contributed by atoms with Crippen LogP contribution >= 0.6 is 0 Å². The Hall–Kier alpha value is -1.40. The van der Waals surface area contributed by atoms with E-state index < -0.39 is 5.97 Å². The third-order valence-electron chi connectivity index (χ3n) is 0.745. The Balaban J connectivity index is 2.67. The molecular weight excluding hydrogens is 135 g/mol. The first kappa shape index (κ1) is 6.72. The second kappa shape index (κ2) is 2.46. The number of hydrogen-bond acceptors (Lipinski definition) is 4. The molecule has 0 aliphatic carbocycles. The summed E-state index contributed by atoms with van der Waals surface area (Å²) in [4.78, 5) is 10.9. The number of hydrogen-bond donors (Lipinski definition) is 1. The molecule has 0 unspecified atom stereocenters. The van der Waals surface area contributed by atoms with E-state index in [1.54, 1.807) is 0 Å². The number of aliphatic carboxylic acids is 1. The molecule has 1 rings (SSSR count). The van der Waals surface area contributed by atoms with Crippen LogP contribution in [0.1, 0.15) is 0 Å². The van der Waals surface area contributed by atoms with E-state index >= 15 is 0 Å². The third-order valence-corrected chi connectivity index (χ3v) is 0.745. The number of aromatic nitrogens is 4. The summed E-state index contributed by atoms with van der Waals surface area (Å²) < 4.78 is 0. The van der Waals surface area contributed by atoms with Crippen molar-refractivity contribution in [3.63, 3.8) is 0 Å². The summed E-state index contributed by atoms with van der Waals surface area (Å²) in [6, 6.07) is 0. The van der Waals surface area contributed by atoms with Crippen molar-refractivity contribution in [3.8, 4) is 0 Å². The first-order valence-corrected chi connectivity index (χ1v) is 2.43. The molecule has 1 aromatic heterocycles. The standard InChI is InChI=1S/C3H3BN4O2/c4-3-5-7-8(6-3)1-2(9)10/h1H2,(H,9,10). The van der Waals surface area contributed by atoms with Crippen molar-refractivity contribution >= 4 is 19.5 Å². The van der Waals surface area contributed by atoms with Crippen molar-refractivity contribution in [2.75, 3.05) is 0 Å². The quantitative estimate of drug-likeness (QED) is 0.458. The van der Waals surface area contributed by atoms with Gasteiger partial charge in [0.2, 0.25) is 0 Å². The molecule has 0 saturated carbocycles.